The molecule has 0 heteroatoms. The summed E-state index contributed by atoms with van der Waals surface area (Å²) in [5, 5.41) is 2.43. The van der Waals surface area contributed by atoms with Crippen LogP contribution in [0.1, 0.15) is 19.4 Å². The van der Waals surface area contributed by atoms with Crippen LogP contribution >= 0.6 is 0 Å². The van der Waals surface area contributed by atoms with Crippen molar-refractivity contribution in [3.05, 3.63) is 48.0 Å². The predicted octanol–water partition coefficient (Wildman–Crippen LogP) is 3.85. The van der Waals surface area contributed by atoms with Crippen molar-refractivity contribution in [2.24, 2.45) is 0 Å². The van der Waals surface area contributed by atoms with Crippen LogP contribution in [-0.4, -0.2) is 0 Å². The predicted molar refractivity (Wildman–Crippen MR) is 63.2 cm³/mol. The van der Waals surface area contributed by atoms with Crippen molar-refractivity contribution >= 4 is 10.8 Å². The van der Waals surface area contributed by atoms with Gasteiger partial charge in [0.2, 0.25) is 0 Å². The first kappa shape index (κ1) is 10.3. The minimum Gasteiger partial charge on any atom is -0.115 e. The molecule has 2 aromatic carbocycles. The lowest BCUT2D eigenvalue weighted by atomic mass is 10.1. The number of rotatable bonds is 0. The lowest BCUT2D eigenvalue weighted by Crippen LogP contribution is -1.74. The van der Waals surface area contributed by atoms with E-state index >= 15 is 0 Å². The third kappa shape index (κ3) is 2.14. The molecule has 0 atom stereocenters. The number of fused-ring (bicyclic) bond motifs is 1. The summed E-state index contributed by atoms with van der Waals surface area (Å²) >= 11 is 0. The molecule has 0 bridgehead atoms. The Morgan fingerprint density at radius 1 is 0.929 bits per heavy atom. The van der Waals surface area contributed by atoms with Gasteiger partial charge in [0.1, 0.15) is 0 Å². The molecule has 0 aliphatic rings. The molecule has 14 heavy (non-hydrogen) atoms. The molecule has 0 spiro atoms. The van der Waals surface area contributed by atoms with Gasteiger partial charge in [-0.1, -0.05) is 50.1 Å². The molecule has 0 aliphatic carbocycles. The number of terminal acetylenes is 1. The minimum absolute atomic E-state index is 0.939. The van der Waals surface area contributed by atoms with E-state index < -0.39 is 0 Å². The molecule has 0 N–H and O–H groups in total. The molecule has 0 saturated carbocycles. The molecule has 0 nitrogen and oxygen atoms in total. The first-order valence-corrected chi connectivity index (χ1v) is 4.85. The Balaban J connectivity index is 0.000000461. The Kier molecular flexibility index (Phi) is 3.76. The second kappa shape index (κ2) is 5.09. The summed E-state index contributed by atoms with van der Waals surface area (Å²) in [5.74, 6) is 2.62. The molecule has 0 radical (unpaired) electrons. The van der Waals surface area contributed by atoms with Crippen LogP contribution in [0.2, 0.25) is 0 Å². The lowest BCUT2D eigenvalue weighted by molar-refractivity contribution is 1.50. The van der Waals surface area contributed by atoms with E-state index in [-0.39, 0.29) is 0 Å². The van der Waals surface area contributed by atoms with E-state index in [1.54, 1.807) is 0 Å². The Labute approximate surface area is 85.6 Å². The molecule has 0 amide bonds. The van der Waals surface area contributed by atoms with Gasteiger partial charge in [-0.2, -0.15) is 0 Å². The van der Waals surface area contributed by atoms with Crippen LogP contribution in [0.5, 0.6) is 0 Å². The Morgan fingerprint density at radius 2 is 1.57 bits per heavy atom. The number of hydrogen-bond donors (Lipinski definition) is 0. The van der Waals surface area contributed by atoms with Crippen molar-refractivity contribution < 1.29 is 0 Å². The molecular formula is C14H14. The third-order valence-corrected chi connectivity index (χ3v) is 1.92. The third-order valence-electron chi connectivity index (χ3n) is 1.92. The van der Waals surface area contributed by atoms with E-state index in [1.165, 1.54) is 10.8 Å². The van der Waals surface area contributed by atoms with Crippen molar-refractivity contribution in [1.82, 2.24) is 0 Å². The van der Waals surface area contributed by atoms with Crippen molar-refractivity contribution in [3.8, 4) is 12.3 Å². The fourth-order valence-corrected chi connectivity index (χ4v) is 1.28. The van der Waals surface area contributed by atoms with Crippen molar-refractivity contribution in [2.75, 3.05) is 0 Å². The summed E-state index contributed by atoms with van der Waals surface area (Å²) in [6, 6.07) is 14.2. The second-order valence-corrected chi connectivity index (χ2v) is 2.71. The van der Waals surface area contributed by atoms with Gasteiger partial charge >= 0.3 is 0 Å². The monoisotopic (exact) mass is 182 g/mol. The molecule has 2 rings (SSSR count). The summed E-state index contributed by atoms with van der Waals surface area (Å²) < 4.78 is 0. The number of benzene rings is 2. The molecule has 0 heterocycles. The zero-order valence-electron chi connectivity index (χ0n) is 8.62. The van der Waals surface area contributed by atoms with Gasteiger partial charge in [0, 0.05) is 5.56 Å². The van der Waals surface area contributed by atoms with E-state index in [0.29, 0.717) is 0 Å². The van der Waals surface area contributed by atoms with Crippen LogP contribution in [0, 0.1) is 12.3 Å². The van der Waals surface area contributed by atoms with Gasteiger partial charge in [-0.15, -0.1) is 6.42 Å². The Bertz CT molecular complexity index is 447. The smallest absolute Gasteiger partial charge is 0.0248 e. The van der Waals surface area contributed by atoms with Crippen LogP contribution in [0.15, 0.2) is 42.5 Å². The van der Waals surface area contributed by atoms with Crippen LogP contribution in [0.25, 0.3) is 10.8 Å². The van der Waals surface area contributed by atoms with E-state index in [9.17, 15) is 0 Å². The summed E-state index contributed by atoms with van der Waals surface area (Å²) in [7, 11) is 0. The maximum absolute atomic E-state index is 5.29. The molecule has 70 valence electrons. The summed E-state index contributed by atoms with van der Waals surface area (Å²) in [6.45, 7) is 4.00. The summed E-state index contributed by atoms with van der Waals surface area (Å²) in [5.41, 5.74) is 0.939. The van der Waals surface area contributed by atoms with Gasteiger partial charge in [-0.25, -0.2) is 0 Å². The maximum atomic E-state index is 5.29. The highest BCUT2D eigenvalue weighted by atomic mass is 13.9. The van der Waals surface area contributed by atoms with Gasteiger partial charge < -0.3 is 0 Å². The van der Waals surface area contributed by atoms with Gasteiger partial charge in [0.15, 0.2) is 0 Å². The first-order valence-electron chi connectivity index (χ1n) is 4.85. The minimum atomic E-state index is 0.939. The SMILES string of the molecule is C#Cc1ccc2ccccc2c1.CC. The van der Waals surface area contributed by atoms with E-state index in [1.807, 2.05) is 44.2 Å². The van der Waals surface area contributed by atoms with Gasteiger partial charge in [0.05, 0.1) is 0 Å². The van der Waals surface area contributed by atoms with Crippen molar-refractivity contribution in [1.29, 1.82) is 0 Å². The zero-order chi connectivity index (χ0) is 10.4. The highest BCUT2D eigenvalue weighted by Crippen LogP contribution is 2.14. The Hall–Kier alpha value is -1.74. The molecule has 2 aromatic rings. The van der Waals surface area contributed by atoms with E-state index in [2.05, 4.69) is 18.1 Å². The van der Waals surface area contributed by atoms with Gasteiger partial charge in [-0.3, -0.25) is 0 Å². The second-order valence-electron chi connectivity index (χ2n) is 2.71. The highest BCUT2D eigenvalue weighted by molar-refractivity contribution is 5.83. The summed E-state index contributed by atoms with van der Waals surface area (Å²) in [6.07, 6.45) is 5.29. The molecular weight excluding hydrogens is 168 g/mol. The van der Waals surface area contributed by atoms with E-state index in [0.717, 1.165) is 5.56 Å². The normalized spacial score (nSPS) is 8.64. The van der Waals surface area contributed by atoms with Crippen LogP contribution in [0.4, 0.5) is 0 Å². The maximum Gasteiger partial charge on any atom is 0.0248 e. The van der Waals surface area contributed by atoms with Crippen LogP contribution in [-0.2, 0) is 0 Å². The Morgan fingerprint density at radius 3 is 2.21 bits per heavy atom. The molecule has 0 aliphatic heterocycles. The van der Waals surface area contributed by atoms with Crippen LogP contribution < -0.4 is 0 Å². The average Bonchev–Trinajstić information content (AvgIpc) is 2.31. The molecule has 0 fully saturated rings. The van der Waals surface area contributed by atoms with E-state index in [4.69, 9.17) is 6.42 Å². The van der Waals surface area contributed by atoms with Crippen LogP contribution in [0.3, 0.4) is 0 Å². The standard InChI is InChI=1S/C12H8.C2H6/c1-2-10-7-8-11-5-3-4-6-12(11)9-10;1-2/h1,3-9H;1-2H3. The van der Waals surface area contributed by atoms with Crippen molar-refractivity contribution in [2.45, 2.75) is 13.8 Å². The first-order chi connectivity index (χ1) is 6.90. The van der Waals surface area contributed by atoms with Crippen molar-refractivity contribution in [3.63, 3.8) is 0 Å². The average molecular weight is 182 g/mol. The zero-order valence-corrected chi connectivity index (χ0v) is 8.62. The fraction of sp³-hybridized carbons (Fsp3) is 0.143. The van der Waals surface area contributed by atoms with Gasteiger partial charge in [0.25, 0.3) is 0 Å². The molecule has 0 saturated heterocycles. The van der Waals surface area contributed by atoms with Gasteiger partial charge in [-0.05, 0) is 22.9 Å². The molecule has 0 aromatic heterocycles. The lowest BCUT2D eigenvalue weighted by Gasteiger charge is -1.96. The summed E-state index contributed by atoms with van der Waals surface area (Å²) in [4.78, 5) is 0. The fourth-order valence-electron chi connectivity index (χ4n) is 1.28. The topological polar surface area (TPSA) is 0 Å². The number of hydrogen-bond acceptors (Lipinski definition) is 0. The molecule has 0 unspecified atom stereocenters. The highest BCUT2D eigenvalue weighted by Gasteiger charge is 1.91. The largest absolute Gasteiger partial charge is 0.115 e. The quantitative estimate of drug-likeness (QED) is 0.543.